The van der Waals surface area contributed by atoms with Crippen molar-refractivity contribution in [3.05, 3.63) is 63.9 Å². The Balaban J connectivity index is 2.41. The summed E-state index contributed by atoms with van der Waals surface area (Å²) in [5, 5.41) is 0. The summed E-state index contributed by atoms with van der Waals surface area (Å²) in [5.74, 6) is 0.432. The molecule has 0 radical (unpaired) electrons. The molecule has 0 aliphatic carbocycles. The molecule has 0 fully saturated rings. The SMILES string of the molecule is COc1ccc(Br)c(C(N)c2cccc(F)c2)c1. The number of methoxy groups -OCH3 is 1. The van der Waals surface area contributed by atoms with E-state index in [2.05, 4.69) is 15.9 Å². The summed E-state index contributed by atoms with van der Waals surface area (Å²) in [4.78, 5) is 0. The molecule has 1 unspecified atom stereocenters. The molecule has 0 saturated heterocycles. The lowest BCUT2D eigenvalue weighted by atomic mass is 9.99. The Morgan fingerprint density at radius 3 is 2.67 bits per heavy atom. The van der Waals surface area contributed by atoms with Gasteiger partial charge in [-0.1, -0.05) is 28.1 Å². The van der Waals surface area contributed by atoms with Gasteiger partial charge < -0.3 is 10.5 Å². The number of benzene rings is 2. The van der Waals surface area contributed by atoms with E-state index < -0.39 is 6.04 Å². The van der Waals surface area contributed by atoms with Crippen molar-refractivity contribution >= 4 is 15.9 Å². The van der Waals surface area contributed by atoms with E-state index in [1.807, 2.05) is 18.2 Å². The maximum absolute atomic E-state index is 13.2. The van der Waals surface area contributed by atoms with Crippen LogP contribution in [0.5, 0.6) is 5.75 Å². The highest BCUT2D eigenvalue weighted by atomic mass is 79.9. The highest BCUT2D eigenvalue weighted by Crippen LogP contribution is 2.30. The number of hydrogen-bond donors (Lipinski definition) is 1. The van der Waals surface area contributed by atoms with Crippen molar-refractivity contribution in [2.24, 2.45) is 5.73 Å². The van der Waals surface area contributed by atoms with Crippen LogP contribution in [-0.4, -0.2) is 7.11 Å². The Labute approximate surface area is 114 Å². The Bertz CT molecular complexity index is 559. The molecule has 4 heteroatoms. The van der Waals surface area contributed by atoms with E-state index in [9.17, 15) is 4.39 Å². The summed E-state index contributed by atoms with van der Waals surface area (Å²) >= 11 is 3.45. The molecule has 2 nitrogen and oxygen atoms in total. The molecule has 2 aromatic rings. The summed E-state index contributed by atoms with van der Waals surface area (Å²) in [7, 11) is 1.60. The van der Waals surface area contributed by atoms with E-state index in [1.165, 1.54) is 12.1 Å². The van der Waals surface area contributed by atoms with Crippen LogP contribution in [0.3, 0.4) is 0 Å². The van der Waals surface area contributed by atoms with Crippen molar-refractivity contribution in [3.8, 4) is 5.75 Å². The van der Waals surface area contributed by atoms with Gasteiger partial charge in [-0.05, 0) is 41.5 Å². The lowest BCUT2D eigenvalue weighted by Gasteiger charge is -2.15. The number of rotatable bonds is 3. The van der Waals surface area contributed by atoms with Crippen molar-refractivity contribution in [2.45, 2.75) is 6.04 Å². The van der Waals surface area contributed by atoms with Crippen LogP contribution in [0.1, 0.15) is 17.2 Å². The van der Waals surface area contributed by atoms with Gasteiger partial charge in [0.1, 0.15) is 11.6 Å². The van der Waals surface area contributed by atoms with Gasteiger partial charge in [-0.15, -0.1) is 0 Å². The van der Waals surface area contributed by atoms with Crippen LogP contribution in [0.4, 0.5) is 4.39 Å². The molecular formula is C14H13BrFNO. The van der Waals surface area contributed by atoms with E-state index in [1.54, 1.807) is 19.2 Å². The second-order valence-corrected chi connectivity index (χ2v) is 4.77. The number of nitrogens with two attached hydrogens (primary N) is 1. The normalized spacial score (nSPS) is 12.2. The van der Waals surface area contributed by atoms with E-state index in [0.717, 1.165) is 21.3 Å². The molecule has 18 heavy (non-hydrogen) atoms. The highest BCUT2D eigenvalue weighted by molar-refractivity contribution is 9.10. The minimum atomic E-state index is -0.398. The topological polar surface area (TPSA) is 35.2 Å². The van der Waals surface area contributed by atoms with Gasteiger partial charge in [0.2, 0.25) is 0 Å². The van der Waals surface area contributed by atoms with Crippen LogP contribution < -0.4 is 10.5 Å². The fraction of sp³-hybridized carbons (Fsp3) is 0.143. The maximum Gasteiger partial charge on any atom is 0.123 e. The standard InChI is InChI=1S/C14H13BrFNO/c1-18-11-5-6-13(15)12(8-11)14(17)9-3-2-4-10(16)7-9/h2-8,14H,17H2,1H3. The first-order chi connectivity index (χ1) is 8.61. The van der Waals surface area contributed by atoms with Gasteiger partial charge in [0.05, 0.1) is 13.2 Å². The minimum absolute atomic E-state index is 0.290. The maximum atomic E-state index is 13.2. The fourth-order valence-corrected chi connectivity index (χ4v) is 2.26. The van der Waals surface area contributed by atoms with E-state index in [-0.39, 0.29) is 5.82 Å². The summed E-state index contributed by atoms with van der Waals surface area (Å²) in [6, 6.07) is 11.5. The molecule has 0 heterocycles. The average Bonchev–Trinajstić information content (AvgIpc) is 2.38. The highest BCUT2D eigenvalue weighted by Gasteiger charge is 2.13. The smallest absolute Gasteiger partial charge is 0.123 e. The quantitative estimate of drug-likeness (QED) is 0.939. The monoisotopic (exact) mass is 309 g/mol. The third-order valence-corrected chi connectivity index (χ3v) is 3.47. The predicted octanol–water partition coefficient (Wildman–Crippen LogP) is 3.64. The lowest BCUT2D eigenvalue weighted by molar-refractivity contribution is 0.414. The van der Waals surface area contributed by atoms with E-state index in [0.29, 0.717) is 0 Å². The molecule has 0 saturated carbocycles. The molecule has 0 amide bonds. The second kappa shape index (κ2) is 5.50. The zero-order chi connectivity index (χ0) is 13.1. The summed E-state index contributed by atoms with van der Waals surface area (Å²) in [6.07, 6.45) is 0. The summed E-state index contributed by atoms with van der Waals surface area (Å²) < 4.78 is 19.2. The van der Waals surface area contributed by atoms with Crippen molar-refractivity contribution < 1.29 is 9.13 Å². The van der Waals surface area contributed by atoms with Crippen molar-refractivity contribution in [2.75, 3.05) is 7.11 Å². The zero-order valence-corrected chi connectivity index (χ0v) is 11.4. The van der Waals surface area contributed by atoms with Crippen LogP contribution >= 0.6 is 15.9 Å². The number of ether oxygens (including phenoxy) is 1. The second-order valence-electron chi connectivity index (χ2n) is 3.92. The van der Waals surface area contributed by atoms with E-state index in [4.69, 9.17) is 10.5 Å². The van der Waals surface area contributed by atoms with Crippen LogP contribution in [0.15, 0.2) is 46.9 Å². The Hall–Kier alpha value is -1.39. The van der Waals surface area contributed by atoms with Gasteiger partial charge in [0.15, 0.2) is 0 Å². The molecule has 0 aromatic heterocycles. The molecule has 2 rings (SSSR count). The van der Waals surface area contributed by atoms with Crippen LogP contribution in [0.25, 0.3) is 0 Å². The number of hydrogen-bond acceptors (Lipinski definition) is 2. The number of halogens is 2. The molecule has 0 spiro atoms. The third-order valence-electron chi connectivity index (χ3n) is 2.75. The van der Waals surface area contributed by atoms with Crippen molar-refractivity contribution in [1.82, 2.24) is 0 Å². The first-order valence-corrected chi connectivity index (χ1v) is 6.25. The zero-order valence-electron chi connectivity index (χ0n) is 9.86. The third kappa shape index (κ3) is 2.71. The Kier molecular flexibility index (Phi) is 3.99. The first-order valence-electron chi connectivity index (χ1n) is 5.46. The predicted molar refractivity (Wildman–Crippen MR) is 73.1 cm³/mol. The van der Waals surface area contributed by atoms with Crippen LogP contribution in [0, 0.1) is 5.82 Å². The largest absolute Gasteiger partial charge is 0.497 e. The molecule has 0 bridgehead atoms. The van der Waals surface area contributed by atoms with Gasteiger partial charge in [0.25, 0.3) is 0 Å². The van der Waals surface area contributed by atoms with Crippen LogP contribution in [0.2, 0.25) is 0 Å². The molecule has 1 atom stereocenters. The molecule has 2 N–H and O–H groups in total. The van der Waals surface area contributed by atoms with Crippen molar-refractivity contribution in [1.29, 1.82) is 0 Å². The van der Waals surface area contributed by atoms with Gasteiger partial charge in [-0.2, -0.15) is 0 Å². The van der Waals surface area contributed by atoms with Gasteiger partial charge in [-0.3, -0.25) is 0 Å². The van der Waals surface area contributed by atoms with Gasteiger partial charge in [-0.25, -0.2) is 4.39 Å². The first kappa shape index (κ1) is 13.1. The molecule has 94 valence electrons. The van der Waals surface area contributed by atoms with E-state index >= 15 is 0 Å². The Morgan fingerprint density at radius 1 is 1.22 bits per heavy atom. The van der Waals surface area contributed by atoms with Gasteiger partial charge >= 0.3 is 0 Å². The summed E-state index contributed by atoms with van der Waals surface area (Å²) in [5.41, 5.74) is 7.74. The lowest BCUT2D eigenvalue weighted by Crippen LogP contribution is -2.12. The molecule has 0 aliphatic heterocycles. The molecule has 2 aromatic carbocycles. The van der Waals surface area contributed by atoms with Crippen LogP contribution in [-0.2, 0) is 0 Å². The molecule has 0 aliphatic rings. The van der Waals surface area contributed by atoms with Gasteiger partial charge in [0, 0.05) is 4.47 Å². The average molecular weight is 310 g/mol. The fourth-order valence-electron chi connectivity index (χ4n) is 1.77. The minimum Gasteiger partial charge on any atom is -0.497 e. The van der Waals surface area contributed by atoms with Crippen molar-refractivity contribution in [3.63, 3.8) is 0 Å². The molecular weight excluding hydrogens is 297 g/mol. The Morgan fingerprint density at radius 2 is 2.00 bits per heavy atom. The summed E-state index contributed by atoms with van der Waals surface area (Å²) in [6.45, 7) is 0.